The SMILES string of the molecule is NC(=O)Cc1nn(-c2ccc(S(N)(=O)=O)cc2)c2c1ccc1ccc(NS(=O)(=O)c3ccc(Cl)c(Cl)c3)cc12. The van der Waals surface area contributed by atoms with Gasteiger partial charge in [0.15, 0.2) is 0 Å². The molecule has 0 spiro atoms. The number of primary amides is 1. The molecule has 5 aromatic rings. The summed E-state index contributed by atoms with van der Waals surface area (Å²) in [6.07, 6.45) is -0.145. The molecule has 0 aliphatic rings. The van der Waals surface area contributed by atoms with Crippen LogP contribution in [0.1, 0.15) is 5.69 Å². The second-order valence-electron chi connectivity index (χ2n) is 8.62. The molecule has 1 amide bonds. The van der Waals surface area contributed by atoms with Gasteiger partial charge >= 0.3 is 0 Å². The Balaban J connectivity index is 1.68. The molecule has 5 N–H and O–H groups in total. The number of nitrogens with two attached hydrogens (primary N) is 2. The number of fused-ring (bicyclic) bond motifs is 3. The first-order chi connectivity index (χ1) is 18.3. The lowest BCUT2D eigenvalue weighted by Gasteiger charge is -2.11. The molecule has 39 heavy (non-hydrogen) atoms. The molecule has 4 aromatic carbocycles. The van der Waals surface area contributed by atoms with Crippen LogP contribution in [0.2, 0.25) is 10.0 Å². The minimum atomic E-state index is -4.01. The van der Waals surface area contributed by atoms with Crippen molar-refractivity contribution in [2.45, 2.75) is 16.2 Å². The molecule has 0 fully saturated rings. The molecule has 0 unspecified atom stereocenters. The topological polar surface area (TPSA) is 167 Å². The van der Waals surface area contributed by atoms with E-state index >= 15 is 0 Å². The number of carbonyl (C=O) groups is 1. The number of rotatable bonds is 7. The van der Waals surface area contributed by atoms with E-state index in [-0.39, 0.29) is 31.9 Å². The van der Waals surface area contributed by atoms with E-state index < -0.39 is 26.0 Å². The van der Waals surface area contributed by atoms with Crippen LogP contribution in [-0.4, -0.2) is 32.5 Å². The van der Waals surface area contributed by atoms with Crippen LogP contribution >= 0.6 is 23.2 Å². The van der Waals surface area contributed by atoms with Gasteiger partial charge in [0.05, 0.1) is 43.2 Å². The molecule has 5 rings (SSSR count). The predicted molar refractivity (Wildman–Crippen MR) is 150 cm³/mol. The van der Waals surface area contributed by atoms with E-state index in [1.54, 1.807) is 28.9 Å². The van der Waals surface area contributed by atoms with Gasteiger partial charge in [-0.1, -0.05) is 41.4 Å². The Morgan fingerprint density at radius 2 is 1.51 bits per heavy atom. The molecule has 0 aliphatic heterocycles. The van der Waals surface area contributed by atoms with Crippen molar-refractivity contribution < 1.29 is 21.6 Å². The van der Waals surface area contributed by atoms with Gasteiger partial charge in [0.2, 0.25) is 15.9 Å². The highest BCUT2D eigenvalue weighted by Gasteiger charge is 2.20. The van der Waals surface area contributed by atoms with Crippen molar-refractivity contribution in [3.8, 4) is 5.69 Å². The van der Waals surface area contributed by atoms with Crippen molar-refractivity contribution in [3.63, 3.8) is 0 Å². The molecular weight excluding hydrogens is 585 g/mol. The largest absolute Gasteiger partial charge is 0.369 e. The Labute approximate surface area is 233 Å². The van der Waals surface area contributed by atoms with Crippen molar-refractivity contribution in [3.05, 3.63) is 88.5 Å². The Morgan fingerprint density at radius 1 is 0.846 bits per heavy atom. The Bertz CT molecular complexity index is 2010. The van der Waals surface area contributed by atoms with Gasteiger partial charge in [0, 0.05) is 16.5 Å². The number of primary sulfonamides is 1. The van der Waals surface area contributed by atoms with Gasteiger partial charge in [-0.15, -0.1) is 0 Å². The lowest BCUT2D eigenvalue weighted by molar-refractivity contribution is -0.117. The van der Waals surface area contributed by atoms with Crippen LogP contribution in [0.4, 0.5) is 5.69 Å². The fourth-order valence-electron chi connectivity index (χ4n) is 4.17. The van der Waals surface area contributed by atoms with E-state index in [9.17, 15) is 21.6 Å². The van der Waals surface area contributed by atoms with Crippen molar-refractivity contribution >= 4 is 76.5 Å². The molecule has 0 bridgehead atoms. The Hall–Kier alpha value is -3.68. The second kappa shape index (κ2) is 9.81. The maximum atomic E-state index is 13.1. The average molecular weight is 604 g/mol. The molecule has 200 valence electrons. The fourth-order valence-corrected chi connectivity index (χ4v) is 6.12. The van der Waals surface area contributed by atoms with Crippen LogP contribution in [0.3, 0.4) is 0 Å². The van der Waals surface area contributed by atoms with Crippen LogP contribution in [0.15, 0.2) is 82.6 Å². The van der Waals surface area contributed by atoms with Crippen molar-refractivity contribution in [2.24, 2.45) is 10.9 Å². The van der Waals surface area contributed by atoms with Crippen molar-refractivity contribution in [1.29, 1.82) is 0 Å². The summed E-state index contributed by atoms with van der Waals surface area (Å²) >= 11 is 11.9. The molecule has 0 saturated heterocycles. The first kappa shape index (κ1) is 26.9. The maximum Gasteiger partial charge on any atom is 0.261 e. The van der Waals surface area contributed by atoms with Gasteiger partial charge in [-0.3, -0.25) is 9.52 Å². The van der Waals surface area contributed by atoms with Gasteiger partial charge in [0.1, 0.15) is 0 Å². The number of aromatic nitrogens is 2. The quantitative estimate of drug-likeness (QED) is 0.254. The number of benzene rings is 4. The summed E-state index contributed by atoms with van der Waals surface area (Å²) in [5.74, 6) is -0.589. The zero-order valence-corrected chi connectivity index (χ0v) is 22.9. The summed E-state index contributed by atoms with van der Waals surface area (Å²) in [6, 6.07) is 18.3. The van der Waals surface area contributed by atoms with Gasteiger partial charge in [0.25, 0.3) is 10.0 Å². The molecule has 1 aromatic heterocycles. The Kier molecular flexibility index (Phi) is 6.77. The zero-order valence-electron chi connectivity index (χ0n) is 19.8. The van der Waals surface area contributed by atoms with Gasteiger partial charge in [-0.2, -0.15) is 5.10 Å². The molecule has 14 heteroatoms. The van der Waals surface area contributed by atoms with E-state index in [0.29, 0.717) is 27.7 Å². The third-order valence-corrected chi connectivity index (χ3v) is 8.99. The van der Waals surface area contributed by atoms with E-state index in [4.69, 9.17) is 34.1 Å². The number of carbonyl (C=O) groups excluding carboxylic acids is 1. The minimum absolute atomic E-state index is 0.0704. The van der Waals surface area contributed by atoms with Crippen molar-refractivity contribution in [1.82, 2.24) is 9.78 Å². The second-order valence-corrected chi connectivity index (χ2v) is 12.7. The van der Waals surface area contributed by atoms with E-state index in [2.05, 4.69) is 9.82 Å². The highest BCUT2D eigenvalue weighted by molar-refractivity contribution is 7.92. The number of hydrogen-bond acceptors (Lipinski definition) is 6. The lowest BCUT2D eigenvalue weighted by atomic mass is 10.0. The van der Waals surface area contributed by atoms with E-state index in [1.807, 2.05) is 6.07 Å². The van der Waals surface area contributed by atoms with Crippen LogP contribution in [0.25, 0.3) is 27.4 Å². The monoisotopic (exact) mass is 603 g/mol. The van der Waals surface area contributed by atoms with E-state index in [0.717, 1.165) is 5.39 Å². The summed E-state index contributed by atoms with van der Waals surface area (Å²) in [5, 5.41) is 12.1. The Morgan fingerprint density at radius 3 is 2.15 bits per heavy atom. The summed E-state index contributed by atoms with van der Waals surface area (Å²) in [6.45, 7) is 0. The van der Waals surface area contributed by atoms with Crippen molar-refractivity contribution in [2.75, 3.05) is 4.72 Å². The van der Waals surface area contributed by atoms with Gasteiger partial charge in [-0.05, 0) is 60.0 Å². The number of amides is 1. The van der Waals surface area contributed by atoms with Gasteiger partial charge < -0.3 is 5.73 Å². The summed E-state index contributed by atoms with van der Waals surface area (Å²) in [4.78, 5) is 11.6. The number of halogens is 2. The number of sulfonamides is 2. The first-order valence-corrected chi connectivity index (χ1v) is 15.0. The van der Waals surface area contributed by atoms with Crippen LogP contribution in [-0.2, 0) is 31.3 Å². The van der Waals surface area contributed by atoms with Crippen LogP contribution in [0, 0.1) is 0 Å². The molecular formula is C25H19Cl2N5O5S2. The summed E-state index contributed by atoms with van der Waals surface area (Å²) in [5.41, 5.74) is 7.15. The maximum absolute atomic E-state index is 13.1. The normalized spacial score (nSPS) is 12.2. The van der Waals surface area contributed by atoms with E-state index in [1.165, 1.54) is 42.5 Å². The highest BCUT2D eigenvalue weighted by Crippen LogP contribution is 2.33. The zero-order chi connectivity index (χ0) is 28.1. The molecule has 0 radical (unpaired) electrons. The number of hydrogen-bond donors (Lipinski definition) is 3. The third kappa shape index (κ3) is 5.29. The number of nitrogens with zero attached hydrogens (tertiary/aromatic N) is 2. The number of nitrogens with one attached hydrogen (secondary N) is 1. The minimum Gasteiger partial charge on any atom is -0.369 e. The molecule has 0 atom stereocenters. The van der Waals surface area contributed by atoms with Crippen LogP contribution in [0.5, 0.6) is 0 Å². The smallest absolute Gasteiger partial charge is 0.261 e. The average Bonchev–Trinajstić information content (AvgIpc) is 3.23. The van der Waals surface area contributed by atoms with Crippen LogP contribution < -0.4 is 15.6 Å². The number of anilines is 1. The predicted octanol–water partition coefficient (Wildman–Crippen LogP) is 3.96. The molecule has 1 heterocycles. The van der Waals surface area contributed by atoms with Gasteiger partial charge in [-0.25, -0.2) is 26.7 Å². The fraction of sp³-hybridized carbons (Fsp3) is 0.0400. The molecule has 0 aliphatic carbocycles. The third-order valence-electron chi connectivity index (χ3n) is 5.94. The first-order valence-electron chi connectivity index (χ1n) is 11.2. The summed E-state index contributed by atoms with van der Waals surface area (Å²) < 4.78 is 53.6. The lowest BCUT2D eigenvalue weighted by Crippen LogP contribution is -2.14. The molecule has 10 nitrogen and oxygen atoms in total. The highest BCUT2D eigenvalue weighted by atomic mass is 35.5. The molecule has 0 saturated carbocycles. The summed E-state index contributed by atoms with van der Waals surface area (Å²) in [7, 11) is -7.92. The standard InChI is InChI=1S/C25H19Cl2N5O5S2/c26-21-10-8-18(12-22(21)27)39(36,37)31-15-3-1-14-2-9-19-23(13-24(28)33)30-32(25(19)20(14)11-15)16-4-6-17(7-5-16)38(29,34)35/h1-12,31H,13H2,(H2,28,33)(H2,29,34,35).